The van der Waals surface area contributed by atoms with Crippen LogP contribution in [0, 0.1) is 27.2 Å². The molecule has 0 aliphatic carbocycles. The van der Waals surface area contributed by atoms with Gasteiger partial charge < -0.3 is 0 Å². The number of aromatic nitrogens is 1. The van der Waals surface area contributed by atoms with Crippen molar-refractivity contribution < 1.29 is 14.1 Å². The Bertz CT molecular complexity index is 810. The number of halogens is 2. The fourth-order valence-corrected chi connectivity index (χ4v) is 2.15. The van der Waals surface area contributed by atoms with Crippen LogP contribution in [0.5, 0.6) is 0 Å². The third-order valence-corrected chi connectivity index (χ3v) is 3.27. The van der Waals surface area contributed by atoms with Crippen LogP contribution in [0.1, 0.15) is 10.4 Å². The molecule has 0 radical (unpaired) electrons. The lowest BCUT2D eigenvalue weighted by Gasteiger charge is -2.08. The van der Waals surface area contributed by atoms with Crippen molar-refractivity contribution in [2.75, 3.05) is 0 Å². The summed E-state index contributed by atoms with van der Waals surface area (Å²) in [6.07, 6.45) is 1.51. The van der Waals surface area contributed by atoms with E-state index in [1.165, 1.54) is 6.07 Å². The number of nitro groups is 1. The van der Waals surface area contributed by atoms with Gasteiger partial charge in [0.15, 0.2) is 6.29 Å². The van der Waals surface area contributed by atoms with Gasteiger partial charge in [0.2, 0.25) is 0 Å². The summed E-state index contributed by atoms with van der Waals surface area (Å²) in [5.74, 6) is 1.20. The van der Waals surface area contributed by atoms with E-state index >= 15 is 0 Å². The average Bonchev–Trinajstić information content (AvgIpc) is 2.51. The Kier molecular flexibility index (Phi) is 4.48. The van der Waals surface area contributed by atoms with Gasteiger partial charge in [0.1, 0.15) is 11.4 Å². The Morgan fingerprint density at radius 1 is 1.45 bits per heavy atom. The van der Waals surface area contributed by atoms with Gasteiger partial charge in [0.05, 0.1) is 4.92 Å². The van der Waals surface area contributed by atoms with Crippen LogP contribution in [0.3, 0.4) is 0 Å². The molecule has 9 heteroatoms. The normalized spacial score (nSPS) is 9.86. The van der Waals surface area contributed by atoms with Crippen molar-refractivity contribution in [3.05, 3.63) is 57.0 Å². The van der Waals surface area contributed by atoms with Crippen molar-refractivity contribution in [1.82, 2.24) is 4.98 Å². The van der Waals surface area contributed by atoms with Crippen LogP contribution < -0.4 is 11.1 Å². The van der Waals surface area contributed by atoms with E-state index in [0.717, 1.165) is 24.4 Å². The zero-order valence-corrected chi connectivity index (χ0v) is 11.6. The smallest absolute Gasteiger partial charge is 0.298 e. The molecule has 0 atom stereocenters. The predicted octanol–water partition coefficient (Wildman–Crippen LogP) is 1.27. The Hall–Kier alpha value is -2.79. The maximum atomic E-state index is 13.4. The molecule has 1 aromatic heterocycles. The molecule has 1 heterocycles. The highest BCUT2D eigenvalue weighted by Crippen LogP contribution is 2.13. The SMILES string of the molecule is N#CB(c1cc(F)ccc1Cl)c1ncc(C=O)cc1[N+](=O)[O-]. The second kappa shape index (κ2) is 6.32. The molecular weight excluding hydrogens is 311 g/mol. The van der Waals surface area contributed by atoms with Crippen molar-refractivity contribution in [1.29, 1.82) is 5.26 Å². The summed E-state index contributed by atoms with van der Waals surface area (Å²) in [5, 5.41) is 20.5. The first-order valence-corrected chi connectivity index (χ1v) is 6.29. The number of aldehydes is 1. The van der Waals surface area contributed by atoms with Crippen molar-refractivity contribution in [3.63, 3.8) is 0 Å². The highest BCUT2D eigenvalue weighted by Gasteiger charge is 2.32. The molecule has 0 aliphatic rings. The van der Waals surface area contributed by atoms with Crippen molar-refractivity contribution in [3.8, 4) is 5.97 Å². The van der Waals surface area contributed by atoms with Crippen LogP contribution in [0.2, 0.25) is 5.02 Å². The molecule has 108 valence electrons. The fraction of sp³-hybridized carbons (Fsp3) is 0. The standard InChI is InChI=1S/C13H6BClFN3O3/c15-11-2-1-9(16)4-10(11)14(7-17)13-12(19(21)22)3-8(6-20)5-18-13/h1-6H. The second-order valence-electron chi connectivity index (χ2n) is 4.28. The maximum Gasteiger partial charge on any atom is 0.364 e. The molecule has 6 nitrogen and oxygen atoms in total. The average molecular weight is 317 g/mol. The van der Waals surface area contributed by atoms with Crippen LogP contribution in [0.15, 0.2) is 30.5 Å². The number of benzene rings is 1. The summed E-state index contributed by atoms with van der Waals surface area (Å²) in [6, 6.07) is 4.39. The van der Waals surface area contributed by atoms with E-state index in [4.69, 9.17) is 11.6 Å². The van der Waals surface area contributed by atoms with Gasteiger partial charge in [0.25, 0.3) is 5.69 Å². The number of rotatable bonds is 4. The van der Waals surface area contributed by atoms with E-state index in [1.54, 1.807) is 0 Å². The van der Waals surface area contributed by atoms with Crippen LogP contribution in [-0.2, 0) is 0 Å². The third-order valence-electron chi connectivity index (χ3n) is 2.92. The number of nitrogens with zero attached hydrogens (tertiary/aromatic N) is 3. The molecule has 0 bridgehead atoms. The van der Waals surface area contributed by atoms with Crippen LogP contribution in [-0.4, -0.2) is 22.9 Å². The lowest BCUT2D eigenvalue weighted by atomic mass is 9.43. The molecule has 2 rings (SSSR count). The van der Waals surface area contributed by atoms with Gasteiger partial charge in [-0.2, -0.15) is 0 Å². The topological polar surface area (TPSA) is 96.9 Å². The Morgan fingerprint density at radius 3 is 2.77 bits per heavy atom. The van der Waals surface area contributed by atoms with E-state index in [-0.39, 0.29) is 21.6 Å². The molecule has 0 amide bonds. The summed E-state index contributed by atoms with van der Waals surface area (Å²) in [4.78, 5) is 24.9. The summed E-state index contributed by atoms with van der Waals surface area (Å²) in [6.45, 7) is -1.23. The maximum absolute atomic E-state index is 13.4. The summed E-state index contributed by atoms with van der Waals surface area (Å²) in [5.41, 5.74) is -0.641. The first-order chi connectivity index (χ1) is 10.5. The molecule has 0 spiro atoms. The Labute approximate surface area is 129 Å². The zero-order chi connectivity index (χ0) is 16.3. The second-order valence-corrected chi connectivity index (χ2v) is 4.68. The molecule has 0 N–H and O–H groups in total. The van der Waals surface area contributed by atoms with E-state index in [2.05, 4.69) is 4.98 Å². The van der Waals surface area contributed by atoms with Crippen LogP contribution in [0.25, 0.3) is 0 Å². The van der Waals surface area contributed by atoms with E-state index in [9.17, 15) is 24.6 Å². The first kappa shape index (κ1) is 15.6. The highest BCUT2D eigenvalue weighted by atomic mass is 35.5. The molecule has 1 aromatic carbocycles. The zero-order valence-electron chi connectivity index (χ0n) is 10.9. The van der Waals surface area contributed by atoms with E-state index in [0.29, 0.717) is 6.29 Å². The van der Waals surface area contributed by atoms with Crippen molar-refractivity contribution in [2.24, 2.45) is 0 Å². The molecular formula is C13H6BClFN3O3. The number of nitriles is 1. The lowest BCUT2D eigenvalue weighted by molar-refractivity contribution is -0.383. The molecule has 0 fully saturated rings. The predicted molar refractivity (Wildman–Crippen MR) is 78.3 cm³/mol. The van der Waals surface area contributed by atoms with Gasteiger partial charge >= 0.3 is 6.71 Å². The molecule has 22 heavy (non-hydrogen) atoms. The fourth-order valence-electron chi connectivity index (χ4n) is 1.93. The summed E-state index contributed by atoms with van der Waals surface area (Å²) in [7, 11) is 0. The number of carbonyl (C=O) groups excluding carboxylic acids is 1. The minimum absolute atomic E-state index is 0.00233. The highest BCUT2D eigenvalue weighted by molar-refractivity contribution is 6.92. The van der Waals surface area contributed by atoms with Gasteiger partial charge in [-0.1, -0.05) is 11.6 Å². The molecule has 0 saturated heterocycles. The Balaban J connectivity index is 2.66. The molecule has 2 aromatic rings. The van der Waals surface area contributed by atoms with Crippen molar-refractivity contribution in [2.45, 2.75) is 0 Å². The monoisotopic (exact) mass is 317 g/mol. The Morgan fingerprint density at radius 2 is 2.18 bits per heavy atom. The van der Waals surface area contributed by atoms with Crippen LogP contribution in [0.4, 0.5) is 10.1 Å². The minimum atomic E-state index is -1.23. The third kappa shape index (κ3) is 2.94. The minimum Gasteiger partial charge on any atom is -0.298 e. The van der Waals surface area contributed by atoms with Gasteiger partial charge in [-0.3, -0.25) is 19.9 Å². The van der Waals surface area contributed by atoms with Gasteiger partial charge in [0, 0.05) is 28.8 Å². The number of hydrogen-bond donors (Lipinski definition) is 0. The number of pyridine rings is 1. The summed E-state index contributed by atoms with van der Waals surface area (Å²) >= 11 is 5.94. The van der Waals surface area contributed by atoms with Gasteiger partial charge in [-0.25, -0.2) is 9.65 Å². The van der Waals surface area contributed by atoms with E-state index < -0.39 is 23.1 Å². The molecule has 0 aliphatic heterocycles. The first-order valence-electron chi connectivity index (χ1n) is 5.92. The van der Waals surface area contributed by atoms with Crippen molar-refractivity contribution >= 4 is 41.3 Å². The van der Waals surface area contributed by atoms with Crippen LogP contribution >= 0.6 is 11.6 Å². The molecule has 0 saturated carbocycles. The summed E-state index contributed by atoms with van der Waals surface area (Å²) < 4.78 is 13.4. The van der Waals surface area contributed by atoms with Gasteiger partial charge in [-0.15, -0.1) is 0 Å². The number of hydrogen-bond acceptors (Lipinski definition) is 5. The molecule has 0 unspecified atom stereocenters. The quantitative estimate of drug-likeness (QED) is 0.366. The van der Waals surface area contributed by atoms with Gasteiger partial charge in [-0.05, 0) is 23.7 Å². The number of carbonyl (C=O) groups is 1. The van der Waals surface area contributed by atoms with E-state index in [1.807, 2.05) is 5.97 Å². The largest absolute Gasteiger partial charge is 0.364 e. The lowest BCUT2D eigenvalue weighted by Crippen LogP contribution is -2.45.